The zero-order valence-corrected chi connectivity index (χ0v) is 21.8. The molecule has 3 aromatic rings. The van der Waals surface area contributed by atoms with Crippen LogP contribution in [0, 0.1) is 0 Å². The summed E-state index contributed by atoms with van der Waals surface area (Å²) in [4.78, 5) is 26.9. The summed E-state index contributed by atoms with van der Waals surface area (Å²) >= 11 is 0. The van der Waals surface area contributed by atoms with E-state index in [1.807, 2.05) is 91.0 Å². The maximum atomic E-state index is 13.1. The molecule has 202 valence electrons. The first-order chi connectivity index (χ1) is 18.2. The van der Waals surface area contributed by atoms with E-state index in [-0.39, 0.29) is 31.3 Å². The van der Waals surface area contributed by atoms with E-state index in [0.717, 1.165) is 29.8 Å². The summed E-state index contributed by atoms with van der Waals surface area (Å²) in [7, 11) is 0. The molecule has 0 spiro atoms. The predicted molar refractivity (Wildman–Crippen MR) is 146 cm³/mol. The first kappa shape index (κ1) is 28.8. The van der Waals surface area contributed by atoms with Crippen LogP contribution < -0.4 is 10.2 Å². The highest BCUT2D eigenvalue weighted by molar-refractivity contribution is 6.01. The molecule has 8 nitrogen and oxygen atoms in total. The molecule has 0 aromatic heterocycles. The first-order valence-electron chi connectivity index (χ1n) is 12.7. The van der Waals surface area contributed by atoms with Crippen molar-refractivity contribution in [3.8, 4) is 0 Å². The van der Waals surface area contributed by atoms with E-state index in [0.29, 0.717) is 6.42 Å². The van der Waals surface area contributed by atoms with Crippen molar-refractivity contribution in [1.82, 2.24) is 5.32 Å². The van der Waals surface area contributed by atoms with Gasteiger partial charge in [0.25, 0.3) is 5.91 Å². The molecule has 0 radical (unpaired) electrons. The molecule has 1 fully saturated rings. The lowest BCUT2D eigenvalue weighted by Gasteiger charge is -2.24. The third kappa shape index (κ3) is 10.3. The quantitative estimate of drug-likeness (QED) is 0.364. The molecule has 4 rings (SSSR count). The van der Waals surface area contributed by atoms with Crippen LogP contribution in [0.4, 0.5) is 16.2 Å². The number of benzene rings is 3. The third-order valence-corrected chi connectivity index (χ3v) is 5.64. The highest BCUT2D eigenvalue weighted by atomic mass is 16.5. The number of amides is 2. The molecule has 0 bridgehead atoms. The number of rotatable bonds is 8. The number of hydrogen-bond acceptors (Lipinski definition) is 6. The second kappa shape index (κ2) is 14.3. The Bertz CT molecular complexity index is 1070. The number of carbonyl (C=O) groups excluding carboxylic acids is 2. The van der Waals surface area contributed by atoms with Gasteiger partial charge in [-0.1, -0.05) is 66.7 Å². The molecule has 3 aromatic carbocycles. The van der Waals surface area contributed by atoms with Gasteiger partial charge in [-0.05, 0) is 62.9 Å². The number of carbonyl (C=O) groups is 2. The fourth-order valence-electron chi connectivity index (χ4n) is 4.00. The summed E-state index contributed by atoms with van der Waals surface area (Å²) in [5, 5.41) is 19.1. The molecule has 0 heterocycles. The fraction of sp³-hybridized carbons (Fsp3) is 0.333. The number of ether oxygens (including phenoxy) is 2. The van der Waals surface area contributed by atoms with Crippen molar-refractivity contribution in [3.05, 3.63) is 96.6 Å². The van der Waals surface area contributed by atoms with Gasteiger partial charge in [-0.25, -0.2) is 4.79 Å². The largest absolute Gasteiger partial charge is 0.445 e. The summed E-state index contributed by atoms with van der Waals surface area (Å²) in [5.74, 6) is -1.63. The Kier molecular flexibility index (Phi) is 10.8. The van der Waals surface area contributed by atoms with Gasteiger partial charge in [0.05, 0.1) is 6.10 Å². The molecule has 0 saturated heterocycles. The molecule has 2 atom stereocenters. The van der Waals surface area contributed by atoms with Crippen LogP contribution in [0.1, 0.15) is 38.7 Å². The second-order valence-corrected chi connectivity index (χ2v) is 9.54. The average molecular weight is 521 g/mol. The van der Waals surface area contributed by atoms with Gasteiger partial charge in [0, 0.05) is 17.4 Å². The summed E-state index contributed by atoms with van der Waals surface area (Å²) in [6, 6.07) is 28.6. The Morgan fingerprint density at radius 2 is 1.37 bits per heavy atom. The summed E-state index contributed by atoms with van der Waals surface area (Å²) < 4.78 is 11.2. The van der Waals surface area contributed by atoms with Crippen molar-refractivity contribution in [2.45, 2.75) is 57.6 Å². The van der Waals surface area contributed by atoms with Crippen LogP contribution in [-0.2, 0) is 20.9 Å². The number of nitrogens with zero attached hydrogens (tertiary/aromatic N) is 1. The number of hydrogen-bond donors (Lipinski definition) is 3. The van der Waals surface area contributed by atoms with E-state index < -0.39 is 11.9 Å². The lowest BCUT2D eigenvalue weighted by Crippen LogP contribution is -2.34. The van der Waals surface area contributed by atoms with Gasteiger partial charge in [0.2, 0.25) is 0 Å². The van der Waals surface area contributed by atoms with E-state index in [2.05, 4.69) is 5.32 Å². The Morgan fingerprint density at radius 1 is 0.868 bits per heavy atom. The first-order valence-corrected chi connectivity index (χ1v) is 12.7. The smallest absolute Gasteiger partial charge is 0.407 e. The Morgan fingerprint density at radius 3 is 1.89 bits per heavy atom. The van der Waals surface area contributed by atoms with Crippen molar-refractivity contribution >= 4 is 23.4 Å². The predicted octanol–water partition coefficient (Wildman–Crippen LogP) is 4.92. The number of alkyl carbamates (subject to hydrolysis) is 1. The minimum atomic E-state index is -1.50. The van der Waals surface area contributed by atoms with E-state index in [9.17, 15) is 9.59 Å². The lowest BCUT2D eigenvalue weighted by molar-refractivity contribution is -0.127. The standard InChI is InChI=1S/C27H28N2O4.C3H8O2/c30-26(29(23-12-6-2-7-13-23)24-14-8-3-9-15-24)20-32-25-17-16-22(18-25)28-27(31)33-19-21-10-4-1-5-11-21;1-3(2,4)5/h1-15,22,25H,16-20H2,(H,28,31);4-5H,1-2H3. The van der Waals surface area contributed by atoms with Crippen LogP contribution in [0.3, 0.4) is 0 Å². The molecule has 2 unspecified atom stereocenters. The van der Waals surface area contributed by atoms with Crippen molar-refractivity contribution in [3.63, 3.8) is 0 Å². The van der Waals surface area contributed by atoms with Gasteiger partial charge in [0.1, 0.15) is 13.2 Å². The molecular weight excluding hydrogens is 484 g/mol. The molecule has 2 amide bonds. The topological polar surface area (TPSA) is 108 Å². The minimum absolute atomic E-state index is 0.0206. The average Bonchev–Trinajstić information content (AvgIpc) is 3.34. The third-order valence-electron chi connectivity index (χ3n) is 5.64. The monoisotopic (exact) mass is 520 g/mol. The van der Waals surface area contributed by atoms with Gasteiger partial charge >= 0.3 is 6.09 Å². The summed E-state index contributed by atoms with van der Waals surface area (Å²) in [6.45, 7) is 2.81. The molecule has 1 aliphatic carbocycles. The second-order valence-electron chi connectivity index (χ2n) is 9.54. The van der Waals surface area contributed by atoms with E-state index in [1.165, 1.54) is 13.8 Å². The van der Waals surface area contributed by atoms with Gasteiger partial charge in [-0.15, -0.1) is 0 Å². The Balaban J connectivity index is 0.000000732. The molecule has 8 heteroatoms. The van der Waals surface area contributed by atoms with Gasteiger partial charge in [0.15, 0.2) is 5.79 Å². The van der Waals surface area contributed by atoms with Crippen LogP contribution in [0.5, 0.6) is 0 Å². The summed E-state index contributed by atoms with van der Waals surface area (Å²) in [6.07, 6.45) is 1.72. The van der Waals surface area contributed by atoms with Gasteiger partial charge in [-0.2, -0.15) is 0 Å². The van der Waals surface area contributed by atoms with Gasteiger partial charge in [-0.3, -0.25) is 9.69 Å². The number of aliphatic hydroxyl groups is 2. The Hall–Kier alpha value is -3.72. The maximum absolute atomic E-state index is 13.1. The number of anilines is 2. The highest BCUT2D eigenvalue weighted by Crippen LogP contribution is 2.26. The Labute approximate surface area is 223 Å². The van der Waals surface area contributed by atoms with E-state index in [1.54, 1.807) is 4.90 Å². The molecule has 0 aliphatic heterocycles. The maximum Gasteiger partial charge on any atom is 0.407 e. The van der Waals surface area contributed by atoms with Crippen molar-refractivity contribution in [1.29, 1.82) is 0 Å². The minimum Gasteiger partial charge on any atom is -0.445 e. The molecular formula is C30H36N2O6. The fourth-order valence-corrected chi connectivity index (χ4v) is 4.00. The SMILES string of the molecule is CC(C)(O)O.O=C(NC1CCC(OCC(=O)N(c2ccccc2)c2ccccc2)C1)OCc1ccccc1. The molecule has 38 heavy (non-hydrogen) atoms. The van der Waals surface area contributed by atoms with E-state index >= 15 is 0 Å². The van der Waals surface area contributed by atoms with Crippen LogP contribution in [-0.4, -0.2) is 46.8 Å². The van der Waals surface area contributed by atoms with Crippen molar-refractivity contribution in [2.24, 2.45) is 0 Å². The zero-order chi connectivity index (χ0) is 27.4. The van der Waals surface area contributed by atoms with Crippen molar-refractivity contribution in [2.75, 3.05) is 11.5 Å². The molecule has 3 N–H and O–H groups in total. The normalized spacial score (nSPS) is 16.6. The van der Waals surface area contributed by atoms with E-state index in [4.69, 9.17) is 19.7 Å². The number of nitrogens with one attached hydrogen (secondary N) is 1. The lowest BCUT2D eigenvalue weighted by atomic mass is 10.2. The summed E-state index contributed by atoms with van der Waals surface area (Å²) in [5.41, 5.74) is 2.54. The van der Waals surface area contributed by atoms with Crippen LogP contribution in [0.2, 0.25) is 0 Å². The number of para-hydroxylation sites is 2. The molecule has 1 aliphatic rings. The van der Waals surface area contributed by atoms with Crippen LogP contribution >= 0.6 is 0 Å². The zero-order valence-electron chi connectivity index (χ0n) is 21.8. The van der Waals surface area contributed by atoms with Gasteiger partial charge < -0.3 is 25.0 Å². The molecule has 1 saturated carbocycles. The highest BCUT2D eigenvalue weighted by Gasteiger charge is 2.28. The van der Waals surface area contributed by atoms with Crippen LogP contribution in [0.25, 0.3) is 0 Å². The van der Waals surface area contributed by atoms with Crippen molar-refractivity contribution < 1.29 is 29.3 Å². The van der Waals surface area contributed by atoms with Crippen LogP contribution in [0.15, 0.2) is 91.0 Å².